The molecule has 0 unspecified atom stereocenters. The Labute approximate surface area is 89.7 Å². The minimum Gasteiger partial charge on any atom is -0.437 e. The van der Waals surface area contributed by atoms with E-state index in [0.717, 1.165) is 12.3 Å². The first kappa shape index (κ1) is 10.3. The van der Waals surface area contributed by atoms with Crippen molar-refractivity contribution in [2.45, 2.75) is 0 Å². The van der Waals surface area contributed by atoms with Crippen LogP contribution in [-0.4, -0.2) is 9.97 Å². The van der Waals surface area contributed by atoms with Gasteiger partial charge in [-0.15, -0.1) is 0 Å². The molecule has 16 heavy (non-hydrogen) atoms. The van der Waals surface area contributed by atoms with E-state index in [2.05, 4.69) is 9.97 Å². The van der Waals surface area contributed by atoms with Crippen molar-refractivity contribution in [1.29, 1.82) is 0 Å². The zero-order valence-electron chi connectivity index (χ0n) is 8.02. The maximum Gasteiger partial charge on any atom is 0.219 e. The van der Waals surface area contributed by atoms with Gasteiger partial charge in [0.15, 0.2) is 17.4 Å². The van der Waals surface area contributed by atoms with Crippen LogP contribution < -0.4 is 10.5 Å². The predicted molar refractivity (Wildman–Crippen MR) is 52.9 cm³/mol. The fourth-order valence-corrected chi connectivity index (χ4v) is 1.03. The Morgan fingerprint density at radius 3 is 2.56 bits per heavy atom. The van der Waals surface area contributed by atoms with E-state index in [9.17, 15) is 8.78 Å². The molecule has 0 radical (unpaired) electrons. The van der Waals surface area contributed by atoms with Gasteiger partial charge in [0, 0.05) is 12.1 Å². The molecule has 6 heteroatoms. The topological polar surface area (TPSA) is 61.0 Å². The summed E-state index contributed by atoms with van der Waals surface area (Å²) in [7, 11) is 0. The summed E-state index contributed by atoms with van der Waals surface area (Å²) in [5.74, 6) is -1.08. The van der Waals surface area contributed by atoms with Crippen molar-refractivity contribution < 1.29 is 13.5 Å². The van der Waals surface area contributed by atoms with Crippen molar-refractivity contribution >= 4 is 5.82 Å². The Morgan fingerprint density at radius 2 is 1.94 bits per heavy atom. The fraction of sp³-hybridized carbons (Fsp3) is 0. The van der Waals surface area contributed by atoms with Crippen LogP contribution in [0.25, 0.3) is 0 Å². The fourth-order valence-electron chi connectivity index (χ4n) is 1.03. The third kappa shape index (κ3) is 2.22. The first-order chi connectivity index (χ1) is 7.65. The molecule has 0 saturated carbocycles. The van der Waals surface area contributed by atoms with Gasteiger partial charge in [0.1, 0.15) is 5.82 Å². The Balaban J connectivity index is 2.20. The van der Waals surface area contributed by atoms with E-state index < -0.39 is 11.6 Å². The lowest BCUT2D eigenvalue weighted by Gasteiger charge is -2.04. The first-order valence-corrected chi connectivity index (χ1v) is 4.35. The molecule has 0 aromatic carbocycles. The Morgan fingerprint density at radius 1 is 1.12 bits per heavy atom. The summed E-state index contributed by atoms with van der Waals surface area (Å²) in [6, 6.07) is 3.58. The van der Waals surface area contributed by atoms with Crippen LogP contribution in [0.5, 0.6) is 11.6 Å². The van der Waals surface area contributed by atoms with E-state index >= 15 is 0 Å². The Kier molecular flexibility index (Phi) is 2.63. The molecular formula is C10H7F2N3O. The van der Waals surface area contributed by atoms with Crippen LogP contribution >= 0.6 is 0 Å². The van der Waals surface area contributed by atoms with Crippen molar-refractivity contribution in [3.8, 4) is 11.6 Å². The van der Waals surface area contributed by atoms with Gasteiger partial charge in [-0.05, 0) is 6.07 Å². The highest BCUT2D eigenvalue weighted by atomic mass is 19.1. The number of ether oxygens (including phenoxy) is 1. The number of hydrogen-bond donors (Lipinski definition) is 1. The van der Waals surface area contributed by atoms with Crippen LogP contribution in [-0.2, 0) is 0 Å². The first-order valence-electron chi connectivity index (χ1n) is 4.35. The quantitative estimate of drug-likeness (QED) is 0.847. The molecule has 0 spiro atoms. The smallest absolute Gasteiger partial charge is 0.219 e. The van der Waals surface area contributed by atoms with Crippen LogP contribution in [0.1, 0.15) is 0 Å². The molecule has 2 heterocycles. The largest absolute Gasteiger partial charge is 0.437 e. The molecule has 2 aromatic heterocycles. The summed E-state index contributed by atoms with van der Waals surface area (Å²) in [4.78, 5) is 7.22. The van der Waals surface area contributed by atoms with Crippen LogP contribution in [0.3, 0.4) is 0 Å². The highest BCUT2D eigenvalue weighted by Gasteiger charge is 2.04. The summed E-state index contributed by atoms with van der Waals surface area (Å²) in [6.07, 6.45) is 2.25. The highest BCUT2D eigenvalue weighted by molar-refractivity contribution is 5.35. The van der Waals surface area contributed by atoms with Gasteiger partial charge in [-0.1, -0.05) is 0 Å². The number of halogens is 2. The predicted octanol–water partition coefficient (Wildman–Crippen LogP) is 2.13. The molecule has 0 atom stereocenters. The summed E-state index contributed by atoms with van der Waals surface area (Å²) in [5, 5.41) is 0. The van der Waals surface area contributed by atoms with Gasteiger partial charge in [-0.3, -0.25) is 0 Å². The standard InChI is InChI=1S/C10H7F2N3O/c11-6-1-2-9(14-4-6)16-7-3-8(12)10(13)15-5-7/h1-5H,(H2,13,15). The van der Waals surface area contributed by atoms with Crippen molar-refractivity contribution in [3.05, 3.63) is 42.2 Å². The molecule has 0 aliphatic heterocycles. The average molecular weight is 223 g/mol. The van der Waals surface area contributed by atoms with Gasteiger partial charge in [0.25, 0.3) is 0 Å². The number of nitrogens with zero attached hydrogens (tertiary/aromatic N) is 2. The molecule has 0 fully saturated rings. The van der Waals surface area contributed by atoms with Crippen LogP contribution in [0, 0.1) is 11.6 Å². The second-order valence-corrected chi connectivity index (χ2v) is 2.95. The molecular weight excluding hydrogens is 216 g/mol. The summed E-state index contributed by atoms with van der Waals surface area (Å²) in [5.41, 5.74) is 5.20. The van der Waals surface area contributed by atoms with Crippen molar-refractivity contribution in [3.63, 3.8) is 0 Å². The Bertz CT molecular complexity index is 502. The number of nitrogen functional groups attached to an aromatic ring is 1. The molecule has 82 valence electrons. The lowest BCUT2D eigenvalue weighted by molar-refractivity contribution is 0.452. The minimum atomic E-state index is -0.681. The number of hydrogen-bond acceptors (Lipinski definition) is 4. The molecule has 0 saturated heterocycles. The number of aromatic nitrogens is 2. The molecule has 0 aliphatic carbocycles. The minimum absolute atomic E-state index is 0.144. The van der Waals surface area contributed by atoms with Gasteiger partial charge < -0.3 is 10.5 Å². The van der Waals surface area contributed by atoms with E-state index in [0.29, 0.717) is 0 Å². The summed E-state index contributed by atoms with van der Waals surface area (Å²) < 4.78 is 30.7. The van der Waals surface area contributed by atoms with Gasteiger partial charge >= 0.3 is 0 Å². The zero-order chi connectivity index (χ0) is 11.5. The molecule has 2 rings (SSSR count). The molecule has 2 N–H and O–H groups in total. The molecule has 0 amide bonds. The monoisotopic (exact) mass is 223 g/mol. The van der Waals surface area contributed by atoms with E-state index in [1.807, 2.05) is 0 Å². The second-order valence-electron chi connectivity index (χ2n) is 2.95. The molecule has 0 aliphatic rings. The number of anilines is 1. The second kappa shape index (κ2) is 4.09. The van der Waals surface area contributed by atoms with E-state index in [-0.39, 0.29) is 17.4 Å². The SMILES string of the molecule is Nc1ncc(Oc2ccc(F)cn2)cc1F. The third-order valence-corrected chi connectivity index (χ3v) is 1.77. The molecule has 2 aromatic rings. The van der Waals surface area contributed by atoms with Gasteiger partial charge in [0.2, 0.25) is 5.88 Å². The lowest BCUT2D eigenvalue weighted by Crippen LogP contribution is -1.96. The van der Waals surface area contributed by atoms with E-state index in [1.54, 1.807) is 0 Å². The van der Waals surface area contributed by atoms with E-state index in [4.69, 9.17) is 10.5 Å². The van der Waals surface area contributed by atoms with Gasteiger partial charge in [-0.25, -0.2) is 18.7 Å². The van der Waals surface area contributed by atoms with Gasteiger partial charge in [0.05, 0.1) is 12.4 Å². The number of rotatable bonds is 2. The molecule has 0 bridgehead atoms. The van der Waals surface area contributed by atoms with Crippen molar-refractivity contribution in [1.82, 2.24) is 9.97 Å². The third-order valence-electron chi connectivity index (χ3n) is 1.77. The normalized spacial score (nSPS) is 10.1. The van der Waals surface area contributed by atoms with Crippen molar-refractivity contribution in [2.24, 2.45) is 0 Å². The van der Waals surface area contributed by atoms with Crippen LogP contribution in [0.2, 0.25) is 0 Å². The zero-order valence-corrected chi connectivity index (χ0v) is 8.02. The average Bonchev–Trinajstić information content (AvgIpc) is 2.27. The van der Waals surface area contributed by atoms with Crippen LogP contribution in [0.15, 0.2) is 30.6 Å². The maximum absolute atomic E-state index is 13.0. The molecule has 4 nitrogen and oxygen atoms in total. The van der Waals surface area contributed by atoms with Crippen molar-refractivity contribution in [2.75, 3.05) is 5.73 Å². The summed E-state index contributed by atoms with van der Waals surface area (Å²) >= 11 is 0. The lowest BCUT2D eigenvalue weighted by atomic mass is 10.4. The number of pyridine rings is 2. The maximum atomic E-state index is 13.0. The van der Waals surface area contributed by atoms with Crippen LogP contribution in [0.4, 0.5) is 14.6 Å². The van der Waals surface area contributed by atoms with Gasteiger partial charge in [-0.2, -0.15) is 0 Å². The highest BCUT2D eigenvalue weighted by Crippen LogP contribution is 2.20. The van der Waals surface area contributed by atoms with E-state index in [1.165, 1.54) is 18.3 Å². The summed E-state index contributed by atoms with van der Waals surface area (Å²) in [6.45, 7) is 0. The number of nitrogens with two attached hydrogens (primary N) is 1. The Hall–Kier alpha value is -2.24.